The fraction of sp³-hybridized carbons (Fsp3) is 0.350. The summed E-state index contributed by atoms with van der Waals surface area (Å²) in [6, 6.07) is 7.81. The van der Waals surface area contributed by atoms with Crippen molar-refractivity contribution in [1.29, 1.82) is 0 Å². The molecule has 0 saturated carbocycles. The third-order valence-electron chi connectivity index (χ3n) is 4.79. The molecule has 0 atom stereocenters. The number of anilines is 1. The maximum Gasteiger partial charge on any atom is 0.344 e. The number of carbonyl (C=O) groups excluding carboxylic acids is 2. The highest BCUT2D eigenvalue weighted by Gasteiger charge is 2.23. The Kier molecular flexibility index (Phi) is 5.57. The first-order chi connectivity index (χ1) is 13.0. The van der Waals surface area contributed by atoms with E-state index in [-0.39, 0.29) is 11.9 Å². The van der Waals surface area contributed by atoms with Crippen LogP contribution in [0.4, 0.5) is 10.5 Å². The molecular weight excluding hydrogens is 342 g/mol. The van der Waals surface area contributed by atoms with Crippen LogP contribution in [0.15, 0.2) is 36.7 Å². The molecule has 0 radical (unpaired) electrons. The van der Waals surface area contributed by atoms with Crippen LogP contribution < -0.4 is 4.90 Å². The van der Waals surface area contributed by atoms with Gasteiger partial charge in [0.15, 0.2) is 0 Å². The van der Waals surface area contributed by atoms with Gasteiger partial charge in [-0.1, -0.05) is 18.1 Å². The van der Waals surface area contributed by atoms with Crippen LogP contribution >= 0.6 is 0 Å². The van der Waals surface area contributed by atoms with E-state index in [1.54, 1.807) is 18.1 Å². The summed E-state index contributed by atoms with van der Waals surface area (Å²) in [7, 11) is 1.66. The number of nitrogens with zero attached hydrogens (tertiary/aromatic N) is 5. The highest BCUT2D eigenvalue weighted by molar-refractivity contribution is 5.91. The molecule has 27 heavy (non-hydrogen) atoms. The summed E-state index contributed by atoms with van der Waals surface area (Å²) >= 11 is 0. The van der Waals surface area contributed by atoms with E-state index in [0.29, 0.717) is 18.8 Å². The summed E-state index contributed by atoms with van der Waals surface area (Å²) in [6.07, 6.45) is 8.49. The molecule has 1 aliphatic rings. The zero-order valence-electron chi connectivity index (χ0n) is 15.6. The summed E-state index contributed by atoms with van der Waals surface area (Å²) < 4.78 is 1.29. The first-order valence-electron chi connectivity index (χ1n) is 8.84. The molecule has 2 amide bonds. The van der Waals surface area contributed by atoms with Gasteiger partial charge >= 0.3 is 6.03 Å². The van der Waals surface area contributed by atoms with Crippen LogP contribution in [-0.4, -0.2) is 64.7 Å². The minimum Gasteiger partial charge on any atom is -0.320 e. The Labute approximate surface area is 159 Å². The minimum absolute atomic E-state index is 0.106. The topological polar surface area (TPSA) is 61.7 Å². The number of hydrogen-bond donors (Lipinski definition) is 0. The van der Waals surface area contributed by atoms with E-state index in [2.05, 4.69) is 15.9 Å². The smallest absolute Gasteiger partial charge is 0.320 e. The molecule has 1 aliphatic heterocycles. The molecule has 0 unspecified atom stereocenters. The molecule has 140 valence electrons. The SMILES string of the molecule is C#Cc1ccc(CN2CCN(C(=O)n3cc(N(C)C(C)=O)cn3)CC2)cc1. The summed E-state index contributed by atoms with van der Waals surface area (Å²) in [5, 5.41) is 4.10. The van der Waals surface area contributed by atoms with E-state index in [9.17, 15) is 9.59 Å². The number of amides is 2. The van der Waals surface area contributed by atoms with Crippen molar-refractivity contribution in [2.75, 3.05) is 38.1 Å². The third kappa shape index (κ3) is 4.36. The molecule has 2 aromatic rings. The van der Waals surface area contributed by atoms with Gasteiger partial charge in [-0.05, 0) is 17.7 Å². The van der Waals surface area contributed by atoms with Crippen molar-refractivity contribution in [3.05, 3.63) is 47.8 Å². The molecule has 2 heterocycles. The van der Waals surface area contributed by atoms with Crippen LogP contribution in [0, 0.1) is 12.3 Å². The van der Waals surface area contributed by atoms with Gasteiger partial charge in [0.2, 0.25) is 5.91 Å². The van der Waals surface area contributed by atoms with Gasteiger partial charge in [-0.3, -0.25) is 9.69 Å². The molecule has 7 heteroatoms. The van der Waals surface area contributed by atoms with Crippen molar-refractivity contribution in [2.24, 2.45) is 0 Å². The number of aromatic nitrogens is 2. The van der Waals surface area contributed by atoms with Crippen molar-refractivity contribution in [1.82, 2.24) is 19.6 Å². The van der Waals surface area contributed by atoms with Gasteiger partial charge in [-0.2, -0.15) is 9.78 Å². The summed E-state index contributed by atoms with van der Waals surface area (Å²) in [4.78, 5) is 29.6. The number of benzene rings is 1. The van der Waals surface area contributed by atoms with Gasteiger partial charge in [-0.25, -0.2) is 4.79 Å². The van der Waals surface area contributed by atoms with E-state index in [0.717, 1.165) is 25.2 Å². The van der Waals surface area contributed by atoms with Crippen LogP contribution in [-0.2, 0) is 11.3 Å². The van der Waals surface area contributed by atoms with Gasteiger partial charge < -0.3 is 9.80 Å². The number of piperazine rings is 1. The maximum atomic E-state index is 12.6. The Morgan fingerprint density at radius 1 is 1.19 bits per heavy atom. The zero-order valence-corrected chi connectivity index (χ0v) is 15.6. The molecule has 1 saturated heterocycles. The third-order valence-corrected chi connectivity index (χ3v) is 4.79. The number of terminal acetylenes is 1. The van der Waals surface area contributed by atoms with Gasteiger partial charge in [-0.15, -0.1) is 6.42 Å². The van der Waals surface area contributed by atoms with Gasteiger partial charge in [0, 0.05) is 52.3 Å². The number of hydrogen-bond acceptors (Lipinski definition) is 4. The van der Waals surface area contributed by atoms with Crippen molar-refractivity contribution in [3.8, 4) is 12.3 Å². The van der Waals surface area contributed by atoms with E-state index in [1.165, 1.54) is 28.3 Å². The van der Waals surface area contributed by atoms with E-state index >= 15 is 0 Å². The Bertz CT molecular complexity index is 857. The monoisotopic (exact) mass is 365 g/mol. The fourth-order valence-corrected chi connectivity index (χ4v) is 2.98. The second kappa shape index (κ2) is 8.06. The summed E-state index contributed by atoms with van der Waals surface area (Å²) in [5.41, 5.74) is 2.69. The number of rotatable bonds is 3. The molecule has 0 spiro atoms. The van der Waals surface area contributed by atoms with Crippen molar-refractivity contribution in [3.63, 3.8) is 0 Å². The molecular formula is C20H23N5O2. The summed E-state index contributed by atoms with van der Waals surface area (Å²) in [6.45, 7) is 5.17. The fourth-order valence-electron chi connectivity index (χ4n) is 2.98. The largest absolute Gasteiger partial charge is 0.344 e. The Morgan fingerprint density at radius 2 is 1.85 bits per heavy atom. The Hall–Kier alpha value is -3.11. The van der Waals surface area contributed by atoms with Crippen LogP contribution in [0.5, 0.6) is 0 Å². The minimum atomic E-state index is -0.170. The lowest BCUT2D eigenvalue weighted by atomic mass is 10.1. The second-order valence-electron chi connectivity index (χ2n) is 6.61. The van der Waals surface area contributed by atoms with Crippen molar-refractivity contribution >= 4 is 17.6 Å². The molecule has 3 rings (SSSR count). The molecule has 0 aliphatic carbocycles. The molecule has 0 N–H and O–H groups in total. The highest BCUT2D eigenvalue weighted by atomic mass is 16.2. The first-order valence-corrected chi connectivity index (χ1v) is 8.84. The average Bonchev–Trinajstić information content (AvgIpc) is 3.18. The standard InChI is InChI=1S/C20H23N5O2/c1-4-17-5-7-18(8-6-17)14-23-9-11-24(12-10-23)20(27)25-15-19(13-21-25)22(3)16(2)26/h1,5-8,13,15H,9-12,14H2,2-3H3. The lowest BCUT2D eigenvalue weighted by Gasteiger charge is -2.34. The van der Waals surface area contributed by atoms with Gasteiger partial charge in [0.1, 0.15) is 0 Å². The van der Waals surface area contributed by atoms with Crippen LogP contribution in [0.1, 0.15) is 18.1 Å². The molecule has 1 fully saturated rings. The molecule has 1 aromatic heterocycles. The van der Waals surface area contributed by atoms with Gasteiger partial charge in [0.05, 0.1) is 18.1 Å². The quantitative estimate of drug-likeness (QED) is 0.776. The molecule has 7 nitrogen and oxygen atoms in total. The Balaban J connectivity index is 1.54. The van der Waals surface area contributed by atoms with E-state index in [1.807, 2.05) is 24.3 Å². The second-order valence-corrected chi connectivity index (χ2v) is 6.61. The first kappa shape index (κ1) is 18.7. The molecule has 1 aromatic carbocycles. The lowest BCUT2D eigenvalue weighted by Crippen LogP contribution is -2.49. The van der Waals surface area contributed by atoms with Crippen LogP contribution in [0.2, 0.25) is 0 Å². The predicted octanol–water partition coefficient (Wildman–Crippen LogP) is 1.63. The lowest BCUT2D eigenvalue weighted by molar-refractivity contribution is -0.116. The van der Waals surface area contributed by atoms with Crippen molar-refractivity contribution < 1.29 is 9.59 Å². The zero-order chi connectivity index (χ0) is 19.4. The van der Waals surface area contributed by atoms with Crippen molar-refractivity contribution in [2.45, 2.75) is 13.5 Å². The summed E-state index contributed by atoms with van der Waals surface area (Å²) in [5.74, 6) is 2.51. The highest BCUT2D eigenvalue weighted by Crippen LogP contribution is 2.14. The van der Waals surface area contributed by atoms with E-state index < -0.39 is 0 Å². The number of carbonyl (C=O) groups is 2. The van der Waals surface area contributed by atoms with Crippen LogP contribution in [0.25, 0.3) is 0 Å². The maximum absolute atomic E-state index is 12.6. The average molecular weight is 365 g/mol. The van der Waals surface area contributed by atoms with E-state index in [4.69, 9.17) is 6.42 Å². The predicted molar refractivity (Wildman–Crippen MR) is 103 cm³/mol. The molecule has 0 bridgehead atoms. The van der Waals surface area contributed by atoms with Gasteiger partial charge in [0.25, 0.3) is 0 Å². The van der Waals surface area contributed by atoms with Crippen LogP contribution in [0.3, 0.4) is 0 Å². The Morgan fingerprint density at radius 3 is 2.44 bits per heavy atom. The normalized spacial score (nSPS) is 14.6.